The highest BCUT2D eigenvalue weighted by atomic mass is 32.1. The van der Waals surface area contributed by atoms with Gasteiger partial charge in [-0.2, -0.15) is 0 Å². The van der Waals surface area contributed by atoms with E-state index < -0.39 is 0 Å². The van der Waals surface area contributed by atoms with Crippen molar-refractivity contribution in [2.24, 2.45) is 0 Å². The van der Waals surface area contributed by atoms with Gasteiger partial charge in [0.05, 0.1) is 31.9 Å². The smallest absolute Gasteiger partial charge is 0.218 e. The molecule has 0 atom stereocenters. The lowest BCUT2D eigenvalue weighted by Gasteiger charge is -2.33. The third-order valence-corrected chi connectivity index (χ3v) is 6.20. The Morgan fingerprint density at radius 3 is 2.68 bits per heavy atom. The van der Waals surface area contributed by atoms with Crippen LogP contribution in [-0.4, -0.2) is 53.2 Å². The van der Waals surface area contributed by atoms with E-state index in [4.69, 9.17) is 0 Å². The molecule has 0 aliphatic carbocycles. The fourth-order valence-electron chi connectivity index (χ4n) is 3.96. The maximum Gasteiger partial charge on any atom is 0.218 e. The van der Waals surface area contributed by atoms with Crippen molar-refractivity contribution in [3.05, 3.63) is 58.9 Å². The van der Waals surface area contributed by atoms with Crippen molar-refractivity contribution in [2.45, 2.75) is 13.8 Å². The Balaban J connectivity index is 1.42. The highest BCUT2D eigenvalue weighted by Gasteiger charge is 2.26. The SMILES string of the molecule is Cc1cc(C(=O)C[NH+]2CCN(c3ccccc3O)CC2)c(C)n1-c1nccs1. The molecule has 0 unspecified atom stereocenters. The molecule has 1 aliphatic rings. The first kappa shape index (κ1) is 18.7. The number of nitrogens with zero attached hydrogens (tertiary/aromatic N) is 3. The first-order valence-electron chi connectivity index (χ1n) is 9.53. The Kier molecular flexibility index (Phi) is 5.19. The van der Waals surface area contributed by atoms with Crippen LogP contribution < -0.4 is 9.80 Å². The van der Waals surface area contributed by atoms with Crippen LogP contribution in [0.25, 0.3) is 5.13 Å². The van der Waals surface area contributed by atoms with Gasteiger partial charge >= 0.3 is 0 Å². The van der Waals surface area contributed by atoms with E-state index in [1.165, 1.54) is 4.90 Å². The molecule has 28 heavy (non-hydrogen) atoms. The van der Waals surface area contributed by atoms with Crippen LogP contribution in [0, 0.1) is 13.8 Å². The van der Waals surface area contributed by atoms with E-state index in [1.807, 2.05) is 43.5 Å². The lowest BCUT2D eigenvalue weighted by molar-refractivity contribution is -0.892. The van der Waals surface area contributed by atoms with Crippen molar-refractivity contribution in [3.63, 3.8) is 0 Å². The molecule has 1 aromatic carbocycles. The topological polar surface area (TPSA) is 62.8 Å². The van der Waals surface area contributed by atoms with Crippen LogP contribution in [0.15, 0.2) is 41.9 Å². The summed E-state index contributed by atoms with van der Waals surface area (Å²) in [5, 5.41) is 12.9. The minimum atomic E-state index is 0.182. The third-order valence-electron chi connectivity index (χ3n) is 5.45. The van der Waals surface area contributed by atoms with E-state index in [0.29, 0.717) is 12.3 Å². The van der Waals surface area contributed by atoms with Gasteiger partial charge in [0.2, 0.25) is 5.78 Å². The first-order chi connectivity index (χ1) is 13.5. The van der Waals surface area contributed by atoms with Gasteiger partial charge in [0.25, 0.3) is 0 Å². The van der Waals surface area contributed by atoms with E-state index in [2.05, 4.69) is 14.5 Å². The standard InChI is InChI=1S/C21H24N4O2S/c1-15-13-17(16(2)25(15)21-22-7-12-28-21)20(27)14-23-8-10-24(11-9-23)18-5-3-4-6-19(18)26/h3-7,12-13,26H,8-11,14H2,1-2H3/p+1. The van der Waals surface area contributed by atoms with Crippen molar-refractivity contribution in [1.29, 1.82) is 0 Å². The molecule has 1 aliphatic heterocycles. The molecule has 1 saturated heterocycles. The summed E-state index contributed by atoms with van der Waals surface area (Å²) in [7, 11) is 0. The molecule has 3 heterocycles. The molecule has 3 aromatic rings. The summed E-state index contributed by atoms with van der Waals surface area (Å²) in [6.07, 6.45) is 1.79. The second-order valence-electron chi connectivity index (χ2n) is 7.26. The summed E-state index contributed by atoms with van der Waals surface area (Å²) < 4.78 is 2.06. The number of quaternary nitrogens is 1. The zero-order valence-corrected chi connectivity index (χ0v) is 17.0. The van der Waals surface area contributed by atoms with Crippen LogP contribution in [0.5, 0.6) is 5.75 Å². The number of carbonyl (C=O) groups is 1. The molecule has 4 rings (SSSR count). The van der Waals surface area contributed by atoms with Crippen molar-refractivity contribution in [2.75, 3.05) is 37.6 Å². The lowest BCUT2D eigenvalue weighted by Crippen LogP contribution is -3.15. The Morgan fingerprint density at radius 2 is 2.00 bits per heavy atom. The maximum atomic E-state index is 13.0. The Hall–Kier alpha value is -2.64. The molecule has 146 valence electrons. The molecule has 0 saturated carbocycles. The molecule has 7 heteroatoms. The van der Waals surface area contributed by atoms with Crippen LogP contribution >= 0.6 is 11.3 Å². The number of aromatic nitrogens is 2. The van der Waals surface area contributed by atoms with Crippen LogP contribution in [0.3, 0.4) is 0 Å². The monoisotopic (exact) mass is 397 g/mol. The zero-order chi connectivity index (χ0) is 19.7. The molecule has 0 radical (unpaired) electrons. The summed E-state index contributed by atoms with van der Waals surface area (Å²) >= 11 is 1.57. The van der Waals surface area contributed by atoms with Gasteiger partial charge in [-0.15, -0.1) is 11.3 Å². The number of nitrogens with one attached hydrogen (secondary N) is 1. The van der Waals surface area contributed by atoms with Gasteiger partial charge in [0, 0.05) is 28.5 Å². The second kappa shape index (κ2) is 7.77. The molecular weight excluding hydrogens is 372 g/mol. The fourth-order valence-corrected chi connectivity index (χ4v) is 4.71. The number of Topliss-reactive ketones (excluding diaryl/α,β-unsaturated/α-hetero) is 1. The number of phenolic OH excluding ortho intramolecular Hbond substituents is 1. The number of hydrogen-bond donors (Lipinski definition) is 2. The zero-order valence-electron chi connectivity index (χ0n) is 16.2. The number of rotatable bonds is 5. The number of phenols is 1. The number of benzene rings is 1. The van der Waals surface area contributed by atoms with Crippen LogP contribution in [0.2, 0.25) is 0 Å². The highest BCUT2D eigenvalue weighted by molar-refractivity contribution is 7.12. The minimum absolute atomic E-state index is 0.182. The predicted molar refractivity (Wildman–Crippen MR) is 111 cm³/mol. The van der Waals surface area contributed by atoms with Gasteiger partial charge in [-0.25, -0.2) is 4.98 Å². The van der Waals surface area contributed by atoms with E-state index in [-0.39, 0.29) is 5.78 Å². The predicted octanol–water partition coefficient (Wildman–Crippen LogP) is 1.84. The van der Waals surface area contributed by atoms with Gasteiger partial charge in [-0.3, -0.25) is 9.36 Å². The summed E-state index contributed by atoms with van der Waals surface area (Å²) in [5.41, 5.74) is 3.67. The number of ketones is 1. The molecule has 0 spiro atoms. The Labute approximate surface area is 168 Å². The average Bonchev–Trinajstić information content (AvgIpc) is 3.30. The second-order valence-corrected chi connectivity index (χ2v) is 8.13. The average molecular weight is 398 g/mol. The number of para-hydroxylation sites is 2. The third kappa shape index (κ3) is 3.55. The molecule has 1 fully saturated rings. The normalized spacial score (nSPS) is 15.1. The lowest BCUT2D eigenvalue weighted by atomic mass is 10.1. The van der Waals surface area contributed by atoms with Gasteiger partial charge in [-0.05, 0) is 32.0 Å². The van der Waals surface area contributed by atoms with Gasteiger partial charge in [0.1, 0.15) is 12.3 Å². The molecule has 0 bridgehead atoms. The fraction of sp³-hybridized carbons (Fsp3) is 0.333. The van der Waals surface area contributed by atoms with Crippen LogP contribution in [-0.2, 0) is 0 Å². The van der Waals surface area contributed by atoms with Gasteiger partial charge in [0.15, 0.2) is 5.13 Å². The van der Waals surface area contributed by atoms with E-state index in [9.17, 15) is 9.90 Å². The van der Waals surface area contributed by atoms with E-state index in [1.54, 1.807) is 23.6 Å². The number of anilines is 1. The molecule has 0 amide bonds. The summed E-state index contributed by atoms with van der Waals surface area (Å²) in [4.78, 5) is 20.8. The summed E-state index contributed by atoms with van der Waals surface area (Å²) in [6, 6.07) is 9.42. The van der Waals surface area contributed by atoms with Crippen LogP contribution in [0.1, 0.15) is 21.7 Å². The Bertz CT molecular complexity index is 972. The Morgan fingerprint density at radius 1 is 1.25 bits per heavy atom. The van der Waals surface area contributed by atoms with Crippen LogP contribution in [0.4, 0.5) is 5.69 Å². The van der Waals surface area contributed by atoms with Crippen molar-refractivity contribution in [3.8, 4) is 10.9 Å². The van der Waals surface area contributed by atoms with Crippen molar-refractivity contribution < 1.29 is 14.8 Å². The number of piperazine rings is 1. The number of aromatic hydroxyl groups is 1. The number of aryl methyl sites for hydroxylation is 1. The summed E-state index contributed by atoms with van der Waals surface area (Å²) in [6.45, 7) is 7.93. The summed E-state index contributed by atoms with van der Waals surface area (Å²) in [5.74, 6) is 0.499. The number of hydrogen-bond acceptors (Lipinski definition) is 5. The maximum absolute atomic E-state index is 13.0. The molecule has 6 nitrogen and oxygen atoms in total. The number of thiazole rings is 1. The van der Waals surface area contributed by atoms with E-state index >= 15 is 0 Å². The molecule has 2 N–H and O–H groups in total. The quantitative estimate of drug-likeness (QED) is 0.645. The minimum Gasteiger partial charge on any atom is -0.506 e. The van der Waals surface area contributed by atoms with Crippen molar-refractivity contribution in [1.82, 2.24) is 9.55 Å². The van der Waals surface area contributed by atoms with Gasteiger partial charge in [-0.1, -0.05) is 12.1 Å². The molecular formula is C21H25N4O2S+. The first-order valence-corrected chi connectivity index (χ1v) is 10.4. The number of carbonyl (C=O) groups excluding carboxylic acids is 1. The molecule has 2 aromatic heterocycles. The van der Waals surface area contributed by atoms with Gasteiger partial charge < -0.3 is 14.9 Å². The van der Waals surface area contributed by atoms with Crippen molar-refractivity contribution >= 4 is 22.8 Å². The largest absolute Gasteiger partial charge is 0.506 e. The highest BCUT2D eigenvalue weighted by Crippen LogP contribution is 2.26. The van der Waals surface area contributed by atoms with E-state index in [0.717, 1.165) is 53.9 Å².